The molecule has 1 aromatic heterocycles. The molecular weight excluding hydrogens is 696 g/mol. The third-order valence-corrected chi connectivity index (χ3v) is 9.25. The Morgan fingerprint density at radius 2 is 1.69 bits per heavy atom. The molecule has 3 saturated heterocycles. The van der Waals surface area contributed by atoms with Crippen LogP contribution in [0.15, 0.2) is 21.9 Å². The molecule has 0 radical (unpaired) electrons. The lowest BCUT2D eigenvalue weighted by Crippen LogP contribution is -2.61. The van der Waals surface area contributed by atoms with E-state index in [1.807, 2.05) is 4.98 Å². The van der Waals surface area contributed by atoms with Gasteiger partial charge in [0.25, 0.3) is 5.56 Å². The number of nitrogens with zero attached hydrogens (tertiary/aromatic N) is 3. The summed E-state index contributed by atoms with van der Waals surface area (Å²) >= 11 is 0. The molecule has 9 unspecified atom stereocenters. The number of hydrogen-bond donors (Lipinski definition) is 8. The zero-order chi connectivity index (χ0) is 39.0. The fraction of sp³-hybridized carbons (Fsp3) is 0.742. The number of H-pyrrole nitrogens is 1. The summed E-state index contributed by atoms with van der Waals surface area (Å²) in [5.74, 6) is -4.04. The van der Waals surface area contributed by atoms with Crippen molar-refractivity contribution in [2.75, 3.05) is 34.2 Å². The van der Waals surface area contributed by atoms with Gasteiger partial charge >= 0.3 is 11.8 Å². The van der Waals surface area contributed by atoms with Crippen molar-refractivity contribution in [3.63, 3.8) is 0 Å². The van der Waals surface area contributed by atoms with Gasteiger partial charge in [-0.15, -0.1) is 0 Å². The monoisotopic (exact) mass is 744 g/mol. The first-order valence-corrected chi connectivity index (χ1v) is 16.6. The highest BCUT2D eigenvalue weighted by atomic mass is 16.7. The van der Waals surface area contributed by atoms with Crippen LogP contribution in [-0.4, -0.2) is 170 Å². The number of ether oxygens (including phenoxy) is 4. The van der Waals surface area contributed by atoms with Crippen LogP contribution < -0.4 is 21.9 Å². The molecule has 21 nitrogen and oxygen atoms in total. The molecular formula is C31H48N6O15. The summed E-state index contributed by atoms with van der Waals surface area (Å²) in [5.41, 5.74) is -2.60. The predicted octanol–water partition coefficient (Wildman–Crippen LogP) is -4.83. The highest BCUT2D eigenvalue weighted by Crippen LogP contribution is 2.36. The third kappa shape index (κ3) is 8.53. The smallest absolute Gasteiger partial charge is 0.407 e. The average Bonchev–Trinajstić information content (AvgIpc) is 3.57. The molecule has 1 aromatic rings. The van der Waals surface area contributed by atoms with Crippen LogP contribution in [0.4, 0.5) is 4.79 Å². The lowest BCUT2D eigenvalue weighted by molar-refractivity contribution is -0.233. The molecule has 0 aromatic carbocycles. The van der Waals surface area contributed by atoms with Gasteiger partial charge in [0, 0.05) is 45.4 Å². The van der Waals surface area contributed by atoms with E-state index in [9.17, 15) is 54.3 Å². The van der Waals surface area contributed by atoms with Gasteiger partial charge < -0.3 is 55.1 Å². The standard InChI is InChI=1S/C31H48N6O15/c1-12-16(26(46)36(7)25(12)45)13(38)11-35(6)17(24(44)32-5)22(23-19(41)20(42)27(50-23)37-9-8-15(39)34-29(37)47)51-28-21(43)18(40)14(49-28)10-33-30(48)52-31(2,3)4/h8-9,12-14,16-23,27-28,38,40-43H,10-11H2,1-7H3,(H,32,44)(H,33,48)(H,34,39,47)/t12?,13-,14?,16-,17-,18?,19?,20?,21?,22-,23?,27?,28?/m0/s1. The van der Waals surface area contributed by atoms with E-state index in [0.29, 0.717) is 0 Å². The number of aliphatic hydroxyl groups is 5. The molecule has 4 amide bonds. The summed E-state index contributed by atoms with van der Waals surface area (Å²) in [4.78, 5) is 79.6. The summed E-state index contributed by atoms with van der Waals surface area (Å²) in [5, 5.41) is 60.2. The maximum Gasteiger partial charge on any atom is 0.407 e. The SMILES string of the molecule is CNC(=O)[C@H]([C@H](OC1OC(CNC(=O)OC(C)(C)C)C(O)C1O)C1OC(n2ccc(=O)[nH]c2=O)C(O)C1O)N(C)C[C@H](O)[C@H]1C(=O)N(C)C(=O)C1C. The molecule has 3 aliphatic rings. The number of carbonyl (C=O) groups excluding carboxylic acids is 4. The number of imide groups is 1. The van der Waals surface area contributed by atoms with Gasteiger partial charge in [-0.1, -0.05) is 6.92 Å². The van der Waals surface area contributed by atoms with Crippen LogP contribution in [0.3, 0.4) is 0 Å². The molecule has 21 heteroatoms. The van der Waals surface area contributed by atoms with Gasteiger partial charge in [0.05, 0.1) is 12.0 Å². The second kappa shape index (κ2) is 16.1. The molecule has 0 spiro atoms. The number of aliphatic hydroxyl groups excluding tert-OH is 5. The number of likely N-dealkylation sites (N-methyl/N-ethyl adjacent to an activating group) is 2. The number of likely N-dealkylation sites (tertiary alicyclic amines) is 1. The Morgan fingerprint density at radius 1 is 1.04 bits per heavy atom. The molecule has 0 bridgehead atoms. The first-order chi connectivity index (χ1) is 24.2. The Morgan fingerprint density at radius 3 is 2.25 bits per heavy atom. The lowest BCUT2D eigenvalue weighted by atomic mass is 9.90. The second-order valence-electron chi connectivity index (χ2n) is 14.1. The van der Waals surface area contributed by atoms with Gasteiger partial charge in [0.15, 0.2) is 12.5 Å². The minimum absolute atomic E-state index is 0.359. The number of amides is 4. The molecule has 0 saturated carbocycles. The Kier molecular flexibility index (Phi) is 12.7. The van der Waals surface area contributed by atoms with Crippen molar-refractivity contribution < 1.29 is 63.7 Å². The van der Waals surface area contributed by atoms with E-state index in [2.05, 4.69) is 10.6 Å². The Labute approximate surface area is 297 Å². The number of hydrogen-bond acceptors (Lipinski definition) is 16. The topological polar surface area (TPSA) is 292 Å². The highest BCUT2D eigenvalue weighted by Gasteiger charge is 2.55. The van der Waals surface area contributed by atoms with Crippen molar-refractivity contribution in [3.8, 4) is 0 Å². The van der Waals surface area contributed by atoms with Crippen LogP contribution in [0, 0.1) is 11.8 Å². The lowest BCUT2D eigenvalue weighted by Gasteiger charge is -2.39. The molecule has 4 heterocycles. The normalized spacial score (nSPS) is 32.6. The molecule has 13 atom stereocenters. The van der Waals surface area contributed by atoms with E-state index in [4.69, 9.17) is 18.9 Å². The summed E-state index contributed by atoms with van der Waals surface area (Å²) in [7, 11) is 3.89. The summed E-state index contributed by atoms with van der Waals surface area (Å²) in [6.45, 7) is 5.59. The number of aromatic amines is 1. The number of alkyl carbamates (subject to hydrolysis) is 1. The van der Waals surface area contributed by atoms with E-state index < -0.39 is 126 Å². The molecule has 292 valence electrons. The first kappa shape index (κ1) is 41.0. The number of carbonyl (C=O) groups is 4. The fourth-order valence-electron chi connectivity index (χ4n) is 6.57. The summed E-state index contributed by atoms with van der Waals surface area (Å²) in [6.07, 6.45) is -16.7. The van der Waals surface area contributed by atoms with Crippen molar-refractivity contribution >= 4 is 23.8 Å². The third-order valence-electron chi connectivity index (χ3n) is 9.25. The van der Waals surface area contributed by atoms with Crippen LogP contribution in [-0.2, 0) is 33.3 Å². The molecule has 4 rings (SSSR count). The Balaban J connectivity index is 1.67. The second-order valence-corrected chi connectivity index (χ2v) is 14.1. The molecule has 0 aliphatic carbocycles. The van der Waals surface area contributed by atoms with Crippen LogP contribution in [0.25, 0.3) is 0 Å². The Hall–Kier alpha value is -3.80. The quantitative estimate of drug-likeness (QED) is 0.0932. The van der Waals surface area contributed by atoms with E-state index in [1.165, 1.54) is 33.0 Å². The molecule has 3 fully saturated rings. The van der Waals surface area contributed by atoms with E-state index in [-0.39, 0.29) is 6.54 Å². The van der Waals surface area contributed by atoms with Crippen molar-refractivity contribution in [1.82, 2.24) is 30.0 Å². The number of aromatic nitrogens is 2. The minimum atomic E-state index is -1.91. The van der Waals surface area contributed by atoms with Gasteiger partial charge in [-0.25, -0.2) is 9.59 Å². The van der Waals surface area contributed by atoms with E-state index in [0.717, 1.165) is 21.7 Å². The van der Waals surface area contributed by atoms with Gasteiger partial charge in [0.1, 0.15) is 54.4 Å². The Bertz CT molecular complexity index is 1600. The van der Waals surface area contributed by atoms with Crippen molar-refractivity contribution in [2.24, 2.45) is 11.8 Å². The van der Waals surface area contributed by atoms with Gasteiger partial charge in [-0.3, -0.25) is 38.5 Å². The highest BCUT2D eigenvalue weighted by molar-refractivity contribution is 6.04. The van der Waals surface area contributed by atoms with Gasteiger partial charge in [-0.2, -0.15) is 0 Å². The summed E-state index contributed by atoms with van der Waals surface area (Å²) < 4.78 is 23.8. The van der Waals surface area contributed by atoms with Gasteiger partial charge in [0.2, 0.25) is 17.7 Å². The van der Waals surface area contributed by atoms with Crippen LogP contribution in [0.1, 0.15) is 33.9 Å². The maximum absolute atomic E-state index is 13.6. The van der Waals surface area contributed by atoms with E-state index in [1.54, 1.807) is 20.8 Å². The van der Waals surface area contributed by atoms with Crippen LogP contribution in [0.2, 0.25) is 0 Å². The van der Waals surface area contributed by atoms with Crippen LogP contribution >= 0.6 is 0 Å². The molecule has 8 N–H and O–H groups in total. The van der Waals surface area contributed by atoms with Gasteiger partial charge in [-0.05, 0) is 27.8 Å². The van der Waals surface area contributed by atoms with Crippen molar-refractivity contribution in [2.45, 2.75) is 101 Å². The fourth-order valence-corrected chi connectivity index (χ4v) is 6.57. The van der Waals surface area contributed by atoms with Crippen molar-refractivity contribution in [1.29, 1.82) is 0 Å². The minimum Gasteiger partial charge on any atom is -0.444 e. The molecule has 52 heavy (non-hydrogen) atoms. The molecule has 3 aliphatic heterocycles. The zero-order valence-electron chi connectivity index (χ0n) is 29.7. The van der Waals surface area contributed by atoms with E-state index >= 15 is 0 Å². The zero-order valence-corrected chi connectivity index (χ0v) is 29.7. The summed E-state index contributed by atoms with van der Waals surface area (Å²) in [6, 6.07) is -0.624. The van der Waals surface area contributed by atoms with Crippen molar-refractivity contribution in [3.05, 3.63) is 33.1 Å². The van der Waals surface area contributed by atoms with Crippen LogP contribution in [0.5, 0.6) is 0 Å². The number of rotatable bonds is 12. The number of nitrogens with one attached hydrogen (secondary N) is 3. The average molecular weight is 745 g/mol. The maximum atomic E-state index is 13.6. The first-order valence-electron chi connectivity index (χ1n) is 16.6. The largest absolute Gasteiger partial charge is 0.444 e. The predicted molar refractivity (Wildman–Crippen MR) is 174 cm³/mol.